The van der Waals surface area contributed by atoms with Crippen LogP contribution in [0.3, 0.4) is 0 Å². The van der Waals surface area contributed by atoms with Crippen LogP contribution in [0.2, 0.25) is 0 Å². The molecule has 0 unspecified atom stereocenters. The third kappa shape index (κ3) is 8.09. The number of benzene rings is 1. The number of hydrogen-bond acceptors (Lipinski definition) is 0. The Labute approximate surface area is 134 Å². The summed E-state index contributed by atoms with van der Waals surface area (Å²) in [5.74, 6) is 0. The monoisotopic (exact) mass is 338 g/mol. The summed E-state index contributed by atoms with van der Waals surface area (Å²) in [6.45, 7) is 2.28. The van der Waals surface area contributed by atoms with Crippen LogP contribution < -0.4 is 0 Å². The molecule has 0 aliphatic heterocycles. The maximum Gasteiger partial charge on any atom is 0.00313 e. The van der Waals surface area contributed by atoms with Gasteiger partial charge >= 0.3 is 0 Å². The number of unbranched alkanes of at least 4 members (excludes halogenated alkanes) is 7. The van der Waals surface area contributed by atoms with E-state index < -0.39 is 0 Å². The molecule has 0 amide bonds. The Hall–Kier alpha value is -0.300. The Morgan fingerprint density at radius 1 is 0.700 bits per heavy atom. The van der Waals surface area contributed by atoms with E-state index >= 15 is 0 Å². The lowest BCUT2D eigenvalue weighted by Crippen LogP contribution is -1.94. The molecule has 0 fully saturated rings. The van der Waals surface area contributed by atoms with Crippen LogP contribution in [-0.2, 0) is 12.8 Å². The van der Waals surface area contributed by atoms with Gasteiger partial charge in [0.2, 0.25) is 0 Å². The minimum Gasteiger partial charge on any atom is -0.0928 e. The molecule has 1 aromatic rings. The van der Waals surface area contributed by atoms with Gasteiger partial charge in [0.25, 0.3) is 0 Å². The lowest BCUT2D eigenvalue weighted by Gasteiger charge is -2.09. The Morgan fingerprint density at radius 3 is 1.75 bits per heavy atom. The smallest absolute Gasteiger partial charge is 0.00313 e. The summed E-state index contributed by atoms with van der Waals surface area (Å²) < 4.78 is 0. The molecular formula is C19H31Br. The Morgan fingerprint density at radius 2 is 1.20 bits per heavy atom. The minimum atomic E-state index is 1.17. The summed E-state index contributed by atoms with van der Waals surface area (Å²) in [5, 5.41) is 1.17. The standard InChI is InChI=1S/C19H31Br/c1-2-3-13-18-15-10-11-16-19(18)14-9-7-5-4-6-8-12-17-20/h10-11,15-16H,2-9,12-14,17H2,1H3. The van der Waals surface area contributed by atoms with Gasteiger partial charge < -0.3 is 0 Å². The van der Waals surface area contributed by atoms with Crippen molar-refractivity contribution in [3.63, 3.8) is 0 Å². The van der Waals surface area contributed by atoms with Crippen molar-refractivity contribution in [1.82, 2.24) is 0 Å². The van der Waals surface area contributed by atoms with Crippen molar-refractivity contribution in [2.45, 2.75) is 77.6 Å². The lowest BCUT2D eigenvalue weighted by molar-refractivity contribution is 0.590. The second-order valence-electron chi connectivity index (χ2n) is 5.79. The van der Waals surface area contributed by atoms with E-state index in [0.717, 1.165) is 0 Å². The number of alkyl halides is 1. The number of aryl methyl sites for hydroxylation is 2. The van der Waals surface area contributed by atoms with E-state index in [2.05, 4.69) is 47.1 Å². The highest BCUT2D eigenvalue weighted by Gasteiger charge is 2.01. The van der Waals surface area contributed by atoms with Crippen LogP contribution in [0.4, 0.5) is 0 Å². The van der Waals surface area contributed by atoms with Gasteiger partial charge in [0, 0.05) is 5.33 Å². The van der Waals surface area contributed by atoms with E-state index in [-0.39, 0.29) is 0 Å². The fourth-order valence-corrected chi connectivity index (χ4v) is 3.10. The largest absolute Gasteiger partial charge is 0.0928 e. The number of hydrogen-bond donors (Lipinski definition) is 0. The molecule has 0 radical (unpaired) electrons. The van der Waals surface area contributed by atoms with Gasteiger partial charge in [-0.05, 0) is 43.2 Å². The van der Waals surface area contributed by atoms with Gasteiger partial charge in [0.05, 0.1) is 0 Å². The SMILES string of the molecule is CCCCc1ccccc1CCCCCCCCCBr. The fraction of sp³-hybridized carbons (Fsp3) is 0.684. The van der Waals surface area contributed by atoms with Crippen molar-refractivity contribution < 1.29 is 0 Å². The normalized spacial score (nSPS) is 10.9. The quantitative estimate of drug-likeness (QED) is 0.294. The summed E-state index contributed by atoms with van der Waals surface area (Å²) in [5.41, 5.74) is 3.19. The van der Waals surface area contributed by atoms with E-state index in [0.29, 0.717) is 0 Å². The molecule has 1 rings (SSSR count). The van der Waals surface area contributed by atoms with Crippen molar-refractivity contribution >= 4 is 15.9 Å². The zero-order valence-electron chi connectivity index (χ0n) is 13.2. The average molecular weight is 339 g/mol. The van der Waals surface area contributed by atoms with Gasteiger partial charge in [-0.15, -0.1) is 0 Å². The van der Waals surface area contributed by atoms with Gasteiger partial charge in [0.15, 0.2) is 0 Å². The molecule has 114 valence electrons. The molecule has 0 heterocycles. The van der Waals surface area contributed by atoms with E-state index in [1.165, 1.54) is 76.0 Å². The minimum absolute atomic E-state index is 1.17. The van der Waals surface area contributed by atoms with Crippen molar-refractivity contribution in [2.75, 3.05) is 5.33 Å². The van der Waals surface area contributed by atoms with Crippen LogP contribution in [-0.4, -0.2) is 5.33 Å². The van der Waals surface area contributed by atoms with Crippen molar-refractivity contribution in [3.8, 4) is 0 Å². The Bertz CT molecular complexity index is 332. The third-order valence-electron chi connectivity index (χ3n) is 4.00. The van der Waals surface area contributed by atoms with E-state index in [1.54, 1.807) is 11.1 Å². The summed E-state index contributed by atoms with van der Waals surface area (Å²) in [4.78, 5) is 0. The molecule has 0 aliphatic carbocycles. The lowest BCUT2D eigenvalue weighted by atomic mass is 9.97. The van der Waals surface area contributed by atoms with Gasteiger partial charge in [-0.3, -0.25) is 0 Å². The molecular weight excluding hydrogens is 308 g/mol. The molecule has 0 atom stereocenters. The molecule has 1 heteroatoms. The predicted octanol–water partition coefficient (Wildman–Crippen LogP) is 6.70. The summed E-state index contributed by atoms with van der Waals surface area (Å²) in [6.07, 6.45) is 14.9. The van der Waals surface area contributed by atoms with E-state index in [1.807, 2.05) is 0 Å². The highest BCUT2D eigenvalue weighted by atomic mass is 79.9. The van der Waals surface area contributed by atoms with Gasteiger partial charge in [-0.25, -0.2) is 0 Å². The van der Waals surface area contributed by atoms with Crippen molar-refractivity contribution in [3.05, 3.63) is 35.4 Å². The number of halogens is 1. The van der Waals surface area contributed by atoms with Crippen LogP contribution in [0.1, 0.15) is 75.8 Å². The molecule has 0 spiro atoms. The van der Waals surface area contributed by atoms with Gasteiger partial charge in [-0.1, -0.05) is 85.6 Å². The zero-order valence-corrected chi connectivity index (χ0v) is 14.8. The first-order valence-corrected chi connectivity index (χ1v) is 9.63. The molecule has 20 heavy (non-hydrogen) atoms. The molecule has 0 saturated heterocycles. The molecule has 0 saturated carbocycles. The predicted molar refractivity (Wildman–Crippen MR) is 94.9 cm³/mol. The molecule has 0 aromatic heterocycles. The Kier molecular flexibility index (Phi) is 11.0. The molecule has 0 aliphatic rings. The van der Waals surface area contributed by atoms with Crippen LogP contribution in [0.25, 0.3) is 0 Å². The molecule has 0 N–H and O–H groups in total. The van der Waals surface area contributed by atoms with Crippen LogP contribution in [0, 0.1) is 0 Å². The molecule has 1 aromatic carbocycles. The third-order valence-corrected chi connectivity index (χ3v) is 4.56. The van der Waals surface area contributed by atoms with Crippen LogP contribution in [0.5, 0.6) is 0 Å². The van der Waals surface area contributed by atoms with E-state index in [9.17, 15) is 0 Å². The van der Waals surface area contributed by atoms with Gasteiger partial charge in [0.1, 0.15) is 0 Å². The van der Waals surface area contributed by atoms with Crippen LogP contribution in [0.15, 0.2) is 24.3 Å². The number of rotatable bonds is 12. The average Bonchev–Trinajstić information content (AvgIpc) is 2.49. The first kappa shape index (κ1) is 17.8. The second kappa shape index (κ2) is 12.4. The summed E-state index contributed by atoms with van der Waals surface area (Å²) in [6, 6.07) is 9.05. The highest BCUT2D eigenvalue weighted by molar-refractivity contribution is 9.09. The fourth-order valence-electron chi connectivity index (χ4n) is 2.71. The van der Waals surface area contributed by atoms with E-state index in [4.69, 9.17) is 0 Å². The zero-order chi connectivity index (χ0) is 14.5. The molecule has 0 bridgehead atoms. The second-order valence-corrected chi connectivity index (χ2v) is 6.58. The summed E-state index contributed by atoms with van der Waals surface area (Å²) in [7, 11) is 0. The topological polar surface area (TPSA) is 0 Å². The Balaban J connectivity index is 2.15. The first-order chi connectivity index (χ1) is 9.88. The summed E-state index contributed by atoms with van der Waals surface area (Å²) >= 11 is 3.49. The first-order valence-electron chi connectivity index (χ1n) is 8.51. The highest BCUT2D eigenvalue weighted by Crippen LogP contribution is 2.16. The van der Waals surface area contributed by atoms with Crippen molar-refractivity contribution in [1.29, 1.82) is 0 Å². The van der Waals surface area contributed by atoms with Crippen molar-refractivity contribution in [2.24, 2.45) is 0 Å². The van der Waals surface area contributed by atoms with Gasteiger partial charge in [-0.2, -0.15) is 0 Å². The van der Waals surface area contributed by atoms with Crippen LogP contribution >= 0.6 is 15.9 Å². The maximum absolute atomic E-state index is 3.49. The molecule has 0 nitrogen and oxygen atoms in total. The maximum atomic E-state index is 3.49.